The van der Waals surface area contributed by atoms with E-state index in [2.05, 4.69) is 30.8 Å². The van der Waals surface area contributed by atoms with Gasteiger partial charge in [-0.15, -0.1) is 10.2 Å². The first-order chi connectivity index (χ1) is 13.9. The van der Waals surface area contributed by atoms with Crippen LogP contribution in [0.5, 0.6) is 0 Å². The Hall–Kier alpha value is -3.27. The van der Waals surface area contributed by atoms with Crippen molar-refractivity contribution in [1.29, 1.82) is 0 Å². The van der Waals surface area contributed by atoms with Crippen LogP contribution >= 0.6 is 11.8 Å². The van der Waals surface area contributed by atoms with Gasteiger partial charge in [0.25, 0.3) is 5.91 Å². The number of anilines is 1. The molecule has 0 fully saturated rings. The zero-order valence-electron chi connectivity index (χ0n) is 16.3. The highest BCUT2D eigenvalue weighted by molar-refractivity contribution is 7.99. The number of nitrogens with one attached hydrogen (secondary N) is 2. The van der Waals surface area contributed by atoms with Gasteiger partial charge in [0.1, 0.15) is 0 Å². The summed E-state index contributed by atoms with van der Waals surface area (Å²) in [6.07, 6.45) is 3.11. The number of aryl methyl sites for hydroxylation is 1. The lowest BCUT2D eigenvalue weighted by atomic mass is 10.1. The summed E-state index contributed by atoms with van der Waals surface area (Å²) in [5.41, 5.74) is 1.61. The van der Waals surface area contributed by atoms with E-state index in [1.54, 1.807) is 36.1 Å². The number of nitrogens with zero attached hydrogens (tertiary/aromatic N) is 5. The van der Waals surface area contributed by atoms with Gasteiger partial charge in [-0.1, -0.05) is 29.5 Å². The van der Waals surface area contributed by atoms with E-state index in [0.717, 1.165) is 5.56 Å². The zero-order valence-corrected chi connectivity index (χ0v) is 17.1. The molecular formula is C19H21N7O2S. The fourth-order valence-electron chi connectivity index (χ4n) is 2.61. The van der Waals surface area contributed by atoms with E-state index in [1.165, 1.54) is 11.8 Å². The Morgan fingerprint density at radius 2 is 1.93 bits per heavy atom. The molecule has 0 saturated heterocycles. The Balaban J connectivity index is 1.58. The van der Waals surface area contributed by atoms with Gasteiger partial charge in [-0.3, -0.25) is 14.9 Å². The predicted molar refractivity (Wildman–Crippen MR) is 109 cm³/mol. The summed E-state index contributed by atoms with van der Waals surface area (Å²) in [6.45, 7) is 3.78. The van der Waals surface area contributed by atoms with E-state index in [-0.39, 0.29) is 29.6 Å². The number of thioether (sulfide) groups is 1. The molecule has 1 aromatic carbocycles. The van der Waals surface area contributed by atoms with Gasteiger partial charge in [-0.25, -0.2) is 9.97 Å². The van der Waals surface area contributed by atoms with Crippen molar-refractivity contribution < 1.29 is 9.59 Å². The van der Waals surface area contributed by atoms with Crippen molar-refractivity contribution in [3.8, 4) is 0 Å². The van der Waals surface area contributed by atoms with Crippen LogP contribution in [0.25, 0.3) is 0 Å². The monoisotopic (exact) mass is 411 g/mol. The Bertz CT molecular complexity index is 1010. The minimum atomic E-state index is -0.346. The van der Waals surface area contributed by atoms with E-state index in [0.29, 0.717) is 16.5 Å². The van der Waals surface area contributed by atoms with Crippen LogP contribution in [0.1, 0.15) is 34.7 Å². The molecule has 0 radical (unpaired) electrons. The Morgan fingerprint density at radius 3 is 2.66 bits per heavy atom. The molecule has 0 bridgehead atoms. The molecule has 2 N–H and O–H groups in total. The molecule has 1 atom stereocenters. The molecule has 0 saturated carbocycles. The summed E-state index contributed by atoms with van der Waals surface area (Å²) in [4.78, 5) is 32.4. The van der Waals surface area contributed by atoms with Gasteiger partial charge < -0.3 is 9.88 Å². The Kier molecular flexibility index (Phi) is 6.55. The van der Waals surface area contributed by atoms with Crippen LogP contribution in [0.3, 0.4) is 0 Å². The second kappa shape index (κ2) is 9.28. The number of amides is 2. The summed E-state index contributed by atoms with van der Waals surface area (Å²) in [5.74, 6) is 0.561. The fraction of sp³-hybridized carbons (Fsp3) is 0.263. The summed E-state index contributed by atoms with van der Waals surface area (Å²) in [6, 6.07) is 8.70. The first-order valence-electron chi connectivity index (χ1n) is 8.90. The molecule has 0 unspecified atom stereocenters. The van der Waals surface area contributed by atoms with Crippen LogP contribution < -0.4 is 10.6 Å². The Labute approximate surface area is 172 Å². The van der Waals surface area contributed by atoms with Crippen molar-refractivity contribution in [2.45, 2.75) is 25.0 Å². The number of hydrogen-bond acceptors (Lipinski definition) is 7. The van der Waals surface area contributed by atoms with Crippen LogP contribution in [0, 0.1) is 6.92 Å². The number of rotatable bonds is 7. The maximum Gasteiger partial charge on any atom is 0.251 e. The summed E-state index contributed by atoms with van der Waals surface area (Å²) >= 11 is 1.24. The molecule has 2 aromatic heterocycles. The lowest BCUT2D eigenvalue weighted by Gasteiger charge is -2.14. The van der Waals surface area contributed by atoms with Crippen molar-refractivity contribution in [1.82, 2.24) is 30.0 Å². The fourth-order valence-corrected chi connectivity index (χ4v) is 3.33. The average Bonchev–Trinajstić information content (AvgIpc) is 3.07. The lowest BCUT2D eigenvalue weighted by Crippen LogP contribution is -2.28. The lowest BCUT2D eigenvalue weighted by molar-refractivity contribution is -0.113. The van der Waals surface area contributed by atoms with Crippen LogP contribution in [0.2, 0.25) is 0 Å². The molecule has 0 aliphatic heterocycles. The molecule has 150 valence electrons. The largest absolute Gasteiger partial charge is 0.342 e. The van der Waals surface area contributed by atoms with Crippen molar-refractivity contribution >= 4 is 29.5 Å². The van der Waals surface area contributed by atoms with Crippen LogP contribution in [-0.2, 0) is 11.8 Å². The van der Waals surface area contributed by atoms with Gasteiger partial charge in [0.15, 0.2) is 11.0 Å². The van der Waals surface area contributed by atoms with Gasteiger partial charge in [-0.2, -0.15) is 0 Å². The quantitative estimate of drug-likeness (QED) is 0.572. The summed E-state index contributed by atoms with van der Waals surface area (Å²) in [7, 11) is 1.80. The molecule has 2 amide bonds. The molecule has 3 rings (SSSR count). The topological polar surface area (TPSA) is 115 Å². The van der Waals surface area contributed by atoms with E-state index >= 15 is 0 Å². The van der Waals surface area contributed by atoms with E-state index < -0.39 is 0 Å². The maximum atomic E-state index is 12.4. The number of aromatic nitrogens is 5. The maximum absolute atomic E-state index is 12.4. The van der Waals surface area contributed by atoms with Gasteiger partial charge in [0.05, 0.1) is 11.8 Å². The van der Waals surface area contributed by atoms with Crippen LogP contribution in [0.4, 0.5) is 5.95 Å². The van der Waals surface area contributed by atoms with Crippen molar-refractivity contribution in [3.63, 3.8) is 0 Å². The molecule has 0 aliphatic carbocycles. The highest BCUT2D eigenvalue weighted by Gasteiger charge is 2.19. The number of carbonyl (C=O) groups is 2. The molecule has 0 spiro atoms. The van der Waals surface area contributed by atoms with E-state index in [1.807, 2.05) is 32.0 Å². The third kappa shape index (κ3) is 5.38. The Morgan fingerprint density at radius 1 is 1.17 bits per heavy atom. The third-order valence-electron chi connectivity index (χ3n) is 4.03. The van der Waals surface area contributed by atoms with Crippen LogP contribution in [0.15, 0.2) is 47.9 Å². The van der Waals surface area contributed by atoms with Crippen molar-refractivity contribution in [3.05, 3.63) is 59.7 Å². The molecule has 9 nitrogen and oxygen atoms in total. The van der Waals surface area contributed by atoms with Gasteiger partial charge in [-0.05, 0) is 32.0 Å². The van der Waals surface area contributed by atoms with Gasteiger partial charge in [0, 0.05) is 25.0 Å². The number of hydrogen-bond donors (Lipinski definition) is 2. The minimum absolute atomic E-state index is 0.133. The molecule has 2 heterocycles. The molecule has 3 aromatic rings. The van der Waals surface area contributed by atoms with Crippen molar-refractivity contribution in [2.24, 2.45) is 7.05 Å². The molecule has 29 heavy (non-hydrogen) atoms. The molecule has 10 heteroatoms. The normalized spacial score (nSPS) is 11.7. The number of carbonyl (C=O) groups excluding carboxylic acids is 2. The first-order valence-corrected chi connectivity index (χ1v) is 9.89. The molecular weight excluding hydrogens is 390 g/mol. The van der Waals surface area contributed by atoms with E-state index in [9.17, 15) is 9.59 Å². The smallest absolute Gasteiger partial charge is 0.251 e. The van der Waals surface area contributed by atoms with E-state index in [4.69, 9.17) is 0 Å². The van der Waals surface area contributed by atoms with Gasteiger partial charge in [0.2, 0.25) is 11.9 Å². The highest BCUT2D eigenvalue weighted by atomic mass is 32.2. The zero-order chi connectivity index (χ0) is 20.8. The summed E-state index contributed by atoms with van der Waals surface area (Å²) < 4.78 is 1.76. The average molecular weight is 411 g/mol. The summed E-state index contributed by atoms with van der Waals surface area (Å²) in [5, 5.41) is 14.4. The highest BCUT2D eigenvalue weighted by Crippen LogP contribution is 2.19. The standard InChI is InChI=1S/C19H21N7O2S/c1-12-6-4-7-14(10-12)17(28)22-13(2)16-24-25-19(26(16)3)29-11-15(27)23-18-20-8-5-9-21-18/h4-10,13H,11H2,1-3H3,(H,22,28)(H,20,21,23,27)/t13-/m0/s1. The second-order valence-corrected chi connectivity index (χ2v) is 7.32. The van der Waals surface area contributed by atoms with Crippen LogP contribution in [-0.4, -0.2) is 42.3 Å². The van der Waals surface area contributed by atoms with Crippen molar-refractivity contribution in [2.75, 3.05) is 11.1 Å². The predicted octanol–water partition coefficient (Wildman–Crippen LogP) is 2.14. The first kappa shape index (κ1) is 20.5. The molecule has 0 aliphatic rings. The SMILES string of the molecule is Cc1cccc(C(=O)N[C@@H](C)c2nnc(SCC(=O)Nc3ncccn3)n2C)c1. The third-order valence-corrected chi connectivity index (χ3v) is 5.05. The minimum Gasteiger partial charge on any atom is -0.342 e. The van der Waals surface area contributed by atoms with Gasteiger partial charge >= 0.3 is 0 Å². The number of benzene rings is 1. The second-order valence-electron chi connectivity index (χ2n) is 6.37.